The van der Waals surface area contributed by atoms with Gasteiger partial charge in [-0.25, -0.2) is 9.59 Å². The molecule has 0 saturated heterocycles. The van der Waals surface area contributed by atoms with Crippen molar-refractivity contribution in [1.29, 1.82) is 0 Å². The maximum absolute atomic E-state index is 9.10. The van der Waals surface area contributed by atoms with E-state index in [1.807, 2.05) is 26.0 Å². The number of hydrogen-bond acceptors (Lipinski definition) is 5. The molecule has 0 heterocycles. The van der Waals surface area contributed by atoms with E-state index >= 15 is 0 Å². The highest BCUT2D eigenvalue weighted by Crippen LogP contribution is 2.27. The maximum Gasteiger partial charge on any atom is 0.414 e. The van der Waals surface area contributed by atoms with Crippen LogP contribution in [-0.2, 0) is 14.3 Å². The zero-order valence-electron chi connectivity index (χ0n) is 15.7. The van der Waals surface area contributed by atoms with Crippen LogP contribution in [-0.4, -0.2) is 54.6 Å². The number of halogens is 1. The van der Waals surface area contributed by atoms with Crippen LogP contribution in [0.15, 0.2) is 12.1 Å². The van der Waals surface area contributed by atoms with Gasteiger partial charge in [0, 0.05) is 17.6 Å². The molecule has 148 valence electrons. The standard InChI is InChI=1S/C16H26ClNO2.C2H2O4/c1-5-12(2)18-8-9-19-10-11-20-16-7-6-15(17)13(3)14(16)4;3-1(4)2(5)6/h6-7,12,18H,5,8-11H2,1-4H3;(H,3,4)(H,5,6). The number of carboxylic acids is 2. The highest BCUT2D eigenvalue weighted by Gasteiger charge is 2.05. The van der Waals surface area contributed by atoms with Crippen LogP contribution in [0.5, 0.6) is 5.75 Å². The fraction of sp³-hybridized carbons (Fsp3) is 0.556. The van der Waals surface area contributed by atoms with E-state index in [0.717, 1.165) is 34.9 Å². The molecule has 7 nitrogen and oxygen atoms in total. The van der Waals surface area contributed by atoms with Gasteiger partial charge in [-0.05, 0) is 50.5 Å². The van der Waals surface area contributed by atoms with Gasteiger partial charge in [-0.15, -0.1) is 0 Å². The Labute approximate surface area is 159 Å². The van der Waals surface area contributed by atoms with Crippen LogP contribution in [0.1, 0.15) is 31.4 Å². The van der Waals surface area contributed by atoms with Crippen molar-refractivity contribution in [3.63, 3.8) is 0 Å². The molecule has 26 heavy (non-hydrogen) atoms. The summed E-state index contributed by atoms with van der Waals surface area (Å²) in [5.74, 6) is -2.77. The van der Waals surface area contributed by atoms with Crippen molar-refractivity contribution in [1.82, 2.24) is 5.32 Å². The Balaban J connectivity index is 0.000000896. The number of hydrogen-bond donors (Lipinski definition) is 3. The molecular formula is C18H28ClNO6. The Bertz CT molecular complexity index is 567. The molecule has 0 amide bonds. The van der Waals surface area contributed by atoms with Gasteiger partial charge in [0.05, 0.1) is 13.2 Å². The number of aliphatic carboxylic acids is 2. The summed E-state index contributed by atoms with van der Waals surface area (Å²) in [7, 11) is 0. The number of benzene rings is 1. The van der Waals surface area contributed by atoms with Crippen LogP contribution in [0, 0.1) is 13.8 Å². The van der Waals surface area contributed by atoms with Crippen LogP contribution < -0.4 is 10.1 Å². The average molecular weight is 390 g/mol. The van der Waals surface area contributed by atoms with Gasteiger partial charge in [0.1, 0.15) is 12.4 Å². The summed E-state index contributed by atoms with van der Waals surface area (Å²) in [6.45, 7) is 11.1. The quantitative estimate of drug-likeness (QED) is 0.440. The first-order valence-electron chi connectivity index (χ1n) is 8.36. The predicted molar refractivity (Wildman–Crippen MR) is 100 cm³/mol. The molecule has 0 fully saturated rings. The molecule has 1 rings (SSSR count). The minimum absolute atomic E-state index is 0.551. The lowest BCUT2D eigenvalue weighted by atomic mass is 10.1. The predicted octanol–water partition coefficient (Wildman–Crippen LogP) is 2.90. The molecule has 0 saturated carbocycles. The summed E-state index contributed by atoms with van der Waals surface area (Å²) >= 11 is 6.05. The summed E-state index contributed by atoms with van der Waals surface area (Å²) in [6.07, 6.45) is 1.14. The van der Waals surface area contributed by atoms with E-state index in [1.54, 1.807) is 0 Å². The molecule has 0 aliphatic rings. The third-order valence-corrected chi connectivity index (χ3v) is 4.10. The van der Waals surface area contributed by atoms with E-state index in [2.05, 4.69) is 19.2 Å². The zero-order chi connectivity index (χ0) is 20.1. The number of ether oxygens (including phenoxy) is 2. The molecule has 0 radical (unpaired) electrons. The number of rotatable bonds is 9. The van der Waals surface area contributed by atoms with Gasteiger partial charge in [0.25, 0.3) is 0 Å². The Morgan fingerprint density at radius 1 is 1.12 bits per heavy atom. The van der Waals surface area contributed by atoms with Crippen LogP contribution in [0.2, 0.25) is 5.02 Å². The van der Waals surface area contributed by atoms with Crippen LogP contribution in [0.4, 0.5) is 0 Å². The lowest BCUT2D eigenvalue weighted by molar-refractivity contribution is -0.159. The fourth-order valence-corrected chi connectivity index (χ4v) is 1.96. The van der Waals surface area contributed by atoms with Crippen molar-refractivity contribution in [3.8, 4) is 5.75 Å². The Morgan fingerprint density at radius 2 is 1.73 bits per heavy atom. The third-order valence-electron chi connectivity index (χ3n) is 3.69. The van der Waals surface area contributed by atoms with E-state index in [4.69, 9.17) is 40.9 Å². The molecule has 3 N–H and O–H groups in total. The number of carbonyl (C=O) groups is 2. The Hall–Kier alpha value is -1.83. The van der Waals surface area contributed by atoms with Gasteiger partial charge in [-0.2, -0.15) is 0 Å². The summed E-state index contributed by atoms with van der Waals surface area (Å²) in [6, 6.07) is 4.33. The van der Waals surface area contributed by atoms with E-state index in [9.17, 15) is 0 Å². The summed E-state index contributed by atoms with van der Waals surface area (Å²) in [5.41, 5.74) is 2.17. The maximum atomic E-state index is 9.10. The van der Waals surface area contributed by atoms with Gasteiger partial charge >= 0.3 is 11.9 Å². The van der Waals surface area contributed by atoms with E-state index < -0.39 is 11.9 Å². The third kappa shape index (κ3) is 10.2. The second-order valence-electron chi connectivity index (χ2n) is 5.63. The second-order valence-corrected chi connectivity index (χ2v) is 6.04. The Kier molecular flexibility index (Phi) is 12.4. The van der Waals surface area contributed by atoms with E-state index in [-0.39, 0.29) is 0 Å². The molecule has 1 unspecified atom stereocenters. The smallest absolute Gasteiger partial charge is 0.414 e. The van der Waals surface area contributed by atoms with Crippen molar-refractivity contribution in [2.45, 2.75) is 40.2 Å². The van der Waals surface area contributed by atoms with Crippen molar-refractivity contribution >= 4 is 23.5 Å². The molecule has 1 atom stereocenters. The van der Waals surface area contributed by atoms with E-state index in [1.165, 1.54) is 0 Å². The van der Waals surface area contributed by atoms with Gasteiger partial charge in [-0.1, -0.05) is 18.5 Å². The van der Waals surface area contributed by atoms with Gasteiger partial charge in [-0.3, -0.25) is 0 Å². The molecule has 0 aliphatic heterocycles. The first-order valence-corrected chi connectivity index (χ1v) is 8.74. The summed E-state index contributed by atoms with van der Waals surface area (Å²) in [5, 5.41) is 18.9. The van der Waals surface area contributed by atoms with E-state index in [0.29, 0.717) is 25.9 Å². The molecular weight excluding hydrogens is 362 g/mol. The highest BCUT2D eigenvalue weighted by molar-refractivity contribution is 6.31. The molecule has 8 heteroatoms. The van der Waals surface area contributed by atoms with Gasteiger partial charge in [0.2, 0.25) is 0 Å². The molecule has 1 aromatic rings. The highest BCUT2D eigenvalue weighted by atomic mass is 35.5. The molecule has 0 aliphatic carbocycles. The molecule has 0 bridgehead atoms. The monoisotopic (exact) mass is 389 g/mol. The minimum Gasteiger partial charge on any atom is -0.491 e. The number of nitrogens with one attached hydrogen (secondary N) is 1. The van der Waals surface area contributed by atoms with Gasteiger partial charge in [0.15, 0.2) is 0 Å². The first-order chi connectivity index (χ1) is 12.2. The SMILES string of the molecule is CCC(C)NCCOCCOc1ccc(Cl)c(C)c1C.O=C(O)C(=O)O. The minimum atomic E-state index is -1.82. The lowest BCUT2D eigenvalue weighted by Gasteiger charge is -2.13. The zero-order valence-corrected chi connectivity index (χ0v) is 16.4. The van der Waals surface area contributed by atoms with Crippen molar-refractivity contribution in [2.24, 2.45) is 0 Å². The topological polar surface area (TPSA) is 105 Å². The summed E-state index contributed by atoms with van der Waals surface area (Å²) in [4.78, 5) is 18.2. The fourth-order valence-electron chi connectivity index (χ4n) is 1.75. The van der Waals surface area contributed by atoms with Crippen LogP contribution >= 0.6 is 11.6 Å². The van der Waals surface area contributed by atoms with Crippen molar-refractivity contribution in [3.05, 3.63) is 28.3 Å². The average Bonchev–Trinajstić information content (AvgIpc) is 2.60. The largest absolute Gasteiger partial charge is 0.491 e. The summed E-state index contributed by atoms with van der Waals surface area (Å²) < 4.78 is 11.2. The molecule has 0 aromatic heterocycles. The normalized spacial score (nSPS) is 11.3. The van der Waals surface area contributed by atoms with Crippen molar-refractivity contribution in [2.75, 3.05) is 26.4 Å². The first kappa shape index (κ1) is 24.2. The van der Waals surface area contributed by atoms with Crippen molar-refractivity contribution < 1.29 is 29.3 Å². The lowest BCUT2D eigenvalue weighted by Crippen LogP contribution is -2.29. The van der Waals surface area contributed by atoms with Crippen LogP contribution in [0.25, 0.3) is 0 Å². The molecule has 0 spiro atoms. The Morgan fingerprint density at radius 3 is 2.27 bits per heavy atom. The molecule has 1 aromatic carbocycles. The number of carboxylic acid groups (broad SMARTS) is 2. The van der Waals surface area contributed by atoms with Gasteiger partial charge < -0.3 is 25.0 Å². The second kappa shape index (κ2) is 13.4. The van der Waals surface area contributed by atoms with Crippen LogP contribution in [0.3, 0.4) is 0 Å².